The Morgan fingerprint density at radius 2 is 2.07 bits per heavy atom. The number of hydrogen-bond acceptors (Lipinski definition) is 6. The van der Waals surface area contributed by atoms with Crippen LogP contribution in [-0.4, -0.2) is 40.7 Å². The summed E-state index contributed by atoms with van der Waals surface area (Å²) in [7, 11) is 0. The van der Waals surface area contributed by atoms with Crippen LogP contribution in [0.3, 0.4) is 0 Å². The van der Waals surface area contributed by atoms with Crippen molar-refractivity contribution >= 4 is 28.3 Å². The highest BCUT2D eigenvalue weighted by molar-refractivity contribution is 6.07. The fourth-order valence-electron chi connectivity index (χ4n) is 4.13. The van der Waals surface area contributed by atoms with Crippen molar-refractivity contribution in [3.05, 3.63) is 47.8 Å². The van der Waals surface area contributed by atoms with Crippen LogP contribution in [0.1, 0.15) is 35.8 Å². The molecule has 1 N–H and O–H groups in total. The lowest BCUT2D eigenvalue weighted by atomic mass is 9.99. The molecule has 154 valence electrons. The third-order valence-electron chi connectivity index (χ3n) is 5.69. The number of carbonyl (C=O) groups is 1. The van der Waals surface area contributed by atoms with Gasteiger partial charge in [-0.1, -0.05) is 6.92 Å². The molecule has 30 heavy (non-hydrogen) atoms. The van der Waals surface area contributed by atoms with Gasteiger partial charge in [-0.3, -0.25) is 4.79 Å². The zero-order valence-corrected chi connectivity index (χ0v) is 17.1. The minimum absolute atomic E-state index is 0.000215. The van der Waals surface area contributed by atoms with Crippen molar-refractivity contribution in [2.75, 3.05) is 25.2 Å². The molecule has 2 aliphatic rings. The lowest BCUT2D eigenvalue weighted by Gasteiger charge is -2.31. The second-order valence-corrected chi connectivity index (χ2v) is 8.06. The Bertz CT molecular complexity index is 1130. The summed E-state index contributed by atoms with van der Waals surface area (Å²) in [6.45, 7) is 5.89. The molecule has 7 heteroatoms. The molecule has 1 saturated heterocycles. The molecule has 7 nitrogen and oxygen atoms in total. The number of aromatic nitrogens is 2. The van der Waals surface area contributed by atoms with E-state index in [1.54, 1.807) is 6.20 Å². The molecule has 2 aromatic heterocycles. The number of hydrogen-bond donors (Lipinski definition) is 1. The maximum atomic E-state index is 13.4. The Balaban J connectivity index is 1.58. The molecule has 0 bridgehead atoms. The molecule has 2 aliphatic heterocycles. The second kappa shape index (κ2) is 7.48. The van der Waals surface area contributed by atoms with Crippen molar-refractivity contribution < 1.29 is 14.3 Å². The number of nitrogens with one attached hydrogen (secondary N) is 1. The van der Waals surface area contributed by atoms with Gasteiger partial charge in [0.1, 0.15) is 0 Å². The van der Waals surface area contributed by atoms with E-state index in [4.69, 9.17) is 9.47 Å². The molecule has 1 atom stereocenters. The first-order chi connectivity index (χ1) is 14.6. The van der Waals surface area contributed by atoms with Crippen LogP contribution in [0.25, 0.3) is 11.0 Å². The topological polar surface area (TPSA) is 76.6 Å². The average molecular weight is 404 g/mol. The van der Waals surface area contributed by atoms with Crippen LogP contribution in [-0.2, 0) is 0 Å². The highest BCUT2D eigenvalue weighted by Crippen LogP contribution is 2.37. The van der Waals surface area contributed by atoms with Gasteiger partial charge in [0.2, 0.25) is 6.79 Å². The minimum atomic E-state index is -0.000215. The van der Waals surface area contributed by atoms with Crippen LogP contribution in [0.5, 0.6) is 11.5 Å². The first-order valence-electron chi connectivity index (χ1n) is 10.3. The number of ether oxygens (including phenoxy) is 2. The van der Waals surface area contributed by atoms with Crippen molar-refractivity contribution in [1.82, 2.24) is 14.9 Å². The van der Waals surface area contributed by atoms with Gasteiger partial charge < -0.3 is 19.7 Å². The molecule has 4 heterocycles. The van der Waals surface area contributed by atoms with E-state index >= 15 is 0 Å². The maximum absolute atomic E-state index is 13.4. The van der Waals surface area contributed by atoms with Crippen molar-refractivity contribution in [1.29, 1.82) is 0 Å². The Morgan fingerprint density at radius 1 is 1.20 bits per heavy atom. The summed E-state index contributed by atoms with van der Waals surface area (Å²) in [6, 6.07) is 9.57. The van der Waals surface area contributed by atoms with E-state index < -0.39 is 0 Å². The number of likely N-dealkylation sites (tertiary alicyclic amines) is 1. The normalized spacial score (nSPS) is 17.9. The number of carbonyl (C=O) groups excluding carboxylic acids is 1. The lowest BCUT2D eigenvalue weighted by Crippen LogP contribution is -2.39. The van der Waals surface area contributed by atoms with Gasteiger partial charge in [-0.2, -0.15) is 0 Å². The largest absolute Gasteiger partial charge is 0.454 e. The molecule has 0 spiro atoms. The Kier molecular flexibility index (Phi) is 4.65. The number of amides is 1. The second-order valence-electron chi connectivity index (χ2n) is 8.06. The van der Waals surface area contributed by atoms with E-state index in [1.165, 1.54) is 0 Å². The number of piperidine rings is 1. The van der Waals surface area contributed by atoms with Gasteiger partial charge in [0, 0.05) is 42.1 Å². The van der Waals surface area contributed by atoms with Crippen molar-refractivity contribution in [3.63, 3.8) is 0 Å². The van der Waals surface area contributed by atoms with E-state index in [1.807, 2.05) is 42.2 Å². The van der Waals surface area contributed by atoms with Gasteiger partial charge in [0.05, 0.1) is 11.3 Å². The summed E-state index contributed by atoms with van der Waals surface area (Å²) < 4.78 is 10.9. The summed E-state index contributed by atoms with van der Waals surface area (Å²) in [5, 5.41) is 4.25. The predicted octanol–water partition coefficient (Wildman–Crippen LogP) is 4.28. The fourth-order valence-corrected chi connectivity index (χ4v) is 4.13. The van der Waals surface area contributed by atoms with E-state index in [2.05, 4.69) is 22.2 Å². The number of fused-ring (bicyclic) bond motifs is 2. The summed E-state index contributed by atoms with van der Waals surface area (Å²) in [6.07, 6.45) is 3.83. The molecule has 0 saturated carbocycles. The number of benzene rings is 1. The van der Waals surface area contributed by atoms with Crippen molar-refractivity contribution in [3.8, 4) is 11.5 Å². The van der Waals surface area contributed by atoms with Crippen LogP contribution in [0.4, 0.5) is 11.4 Å². The Labute approximate surface area is 175 Å². The predicted molar refractivity (Wildman–Crippen MR) is 114 cm³/mol. The third-order valence-corrected chi connectivity index (χ3v) is 5.69. The number of nitrogens with zero attached hydrogens (tertiary/aromatic N) is 3. The number of aryl methyl sites for hydroxylation is 1. The molecular formula is C23H24N4O3. The smallest absolute Gasteiger partial charge is 0.257 e. The maximum Gasteiger partial charge on any atom is 0.257 e. The highest BCUT2D eigenvalue weighted by atomic mass is 16.7. The SMILES string of the molecule is Cc1ccc2c(Nc3ccc4c(c3)OCO4)c(C(=O)N3CCC[C@H](C)C3)cnc2n1. The summed E-state index contributed by atoms with van der Waals surface area (Å²) in [5.41, 5.74) is 3.58. The fraction of sp³-hybridized carbons (Fsp3) is 0.348. The van der Waals surface area contributed by atoms with Crippen LogP contribution >= 0.6 is 0 Å². The first-order valence-corrected chi connectivity index (χ1v) is 10.3. The molecule has 5 rings (SSSR count). The van der Waals surface area contributed by atoms with Crippen LogP contribution in [0.2, 0.25) is 0 Å². The minimum Gasteiger partial charge on any atom is -0.454 e. The molecule has 3 aromatic rings. The van der Waals surface area contributed by atoms with Gasteiger partial charge in [-0.05, 0) is 49.9 Å². The Hall–Kier alpha value is -3.35. The molecule has 1 fully saturated rings. The van der Waals surface area contributed by atoms with Gasteiger partial charge in [0.15, 0.2) is 17.1 Å². The molecule has 0 aliphatic carbocycles. The molecule has 0 unspecified atom stereocenters. The summed E-state index contributed by atoms with van der Waals surface area (Å²) >= 11 is 0. The molecular weight excluding hydrogens is 380 g/mol. The van der Waals surface area contributed by atoms with Gasteiger partial charge in [0.25, 0.3) is 5.91 Å². The van der Waals surface area contributed by atoms with Crippen LogP contribution in [0.15, 0.2) is 36.5 Å². The van der Waals surface area contributed by atoms with E-state index in [-0.39, 0.29) is 12.7 Å². The third kappa shape index (κ3) is 3.40. The number of anilines is 2. The molecule has 1 amide bonds. The number of pyridine rings is 2. The van der Waals surface area contributed by atoms with Gasteiger partial charge in [-0.15, -0.1) is 0 Å². The van der Waals surface area contributed by atoms with Gasteiger partial charge in [-0.25, -0.2) is 9.97 Å². The van der Waals surface area contributed by atoms with E-state index in [0.717, 1.165) is 54.1 Å². The summed E-state index contributed by atoms with van der Waals surface area (Å²) in [4.78, 5) is 24.4. The monoisotopic (exact) mass is 404 g/mol. The summed E-state index contributed by atoms with van der Waals surface area (Å²) in [5.74, 6) is 1.91. The van der Waals surface area contributed by atoms with Crippen LogP contribution < -0.4 is 14.8 Å². The van der Waals surface area contributed by atoms with Crippen molar-refractivity contribution in [2.24, 2.45) is 5.92 Å². The van der Waals surface area contributed by atoms with E-state index in [0.29, 0.717) is 22.9 Å². The average Bonchev–Trinajstić information content (AvgIpc) is 3.21. The van der Waals surface area contributed by atoms with Crippen LogP contribution in [0, 0.1) is 12.8 Å². The molecule has 1 aromatic carbocycles. The van der Waals surface area contributed by atoms with Crippen molar-refractivity contribution in [2.45, 2.75) is 26.7 Å². The molecule has 0 radical (unpaired) electrons. The zero-order valence-electron chi connectivity index (χ0n) is 17.1. The van der Waals surface area contributed by atoms with E-state index in [9.17, 15) is 4.79 Å². The highest BCUT2D eigenvalue weighted by Gasteiger charge is 2.26. The lowest BCUT2D eigenvalue weighted by molar-refractivity contribution is 0.0684. The Morgan fingerprint density at radius 3 is 2.93 bits per heavy atom. The zero-order chi connectivity index (χ0) is 20.7. The quantitative estimate of drug-likeness (QED) is 0.702. The standard InChI is InChI=1S/C23H24N4O3/c1-14-4-3-9-27(12-14)23(28)18-11-24-22-17(7-5-15(2)25-22)21(18)26-16-6-8-19-20(10-16)30-13-29-19/h5-8,10-11,14H,3-4,9,12-13H2,1-2H3,(H,24,25,26)/t14-/m0/s1. The number of rotatable bonds is 3. The first kappa shape index (κ1) is 18.7. The van der Waals surface area contributed by atoms with Gasteiger partial charge >= 0.3 is 0 Å².